The van der Waals surface area contributed by atoms with Crippen LogP contribution in [0.5, 0.6) is 5.75 Å². The molecule has 4 aliphatic heterocycles. The normalized spacial score (nSPS) is 31.6. The van der Waals surface area contributed by atoms with E-state index in [9.17, 15) is 4.79 Å². The van der Waals surface area contributed by atoms with Crippen LogP contribution in [0.1, 0.15) is 34.7 Å². The third kappa shape index (κ3) is 2.74. The van der Waals surface area contributed by atoms with Crippen LogP contribution in [0.15, 0.2) is 54.6 Å². The Morgan fingerprint density at radius 1 is 1.00 bits per heavy atom. The number of hydrogen-bond acceptors (Lipinski definition) is 3. The molecule has 4 heteroatoms. The lowest BCUT2D eigenvalue weighted by Crippen LogP contribution is -2.60. The van der Waals surface area contributed by atoms with Gasteiger partial charge in [-0.2, -0.15) is 0 Å². The van der Waals surface area contributed by atoms with Gasteiger partial charge in [-0.3, -0.25) is 9.69 Å². The summed E-state index contributed by atoms with van der Waals surface area (Å²) in [5, 5.41) is 0. The van der Waals surface area contributed by atoms with Gasteiger partial charge in [-0.1, -0.05) is 36.4 Å². The summed E-state index contributed by atoms with van der Waals surface area (Å²) in [6, 6.07) is 19.1. The van der Waals surface area contributed by atoms with Gasteiger partial charge in [0.2, 0.25) is 0 Å². The van der Waals surface area contributed by atoms with Crippen molar-refractivity contribution in [1.82, 2.24) is 9.80 Å². The average molecular weight is 362 g/mol. The van der Waals surface area contributed by atoms with E-state index in [1.54, 1.807) is 7.11 Å². The first-order chi connectivity index (χ1) is 13.3. The Hall–Kier alpha value is -2.33. The van der Waals surface area contributed by atoms with Crippen molar-refractivity contribution in [3.63, 3.8) is 0 Å². The second kappa shape index (κ2) is 6.68. The molecule has 2 bridgehead atoms. The van der Waals surface area contributed by atoms with E-state index in [-0.39, 0.29) is 5.91 Å². The fraction of sp³-hybridized carbons (Fsp3) is 0.435. The summed E-state index contributed by atoms with van der Waals surface area (Å²) in [4.78, 5) is 18.3. The number of methoxy groups -OCH3 is 1. The van der Waals surface area contributed by atoms with Crippen molar-refractivity contribution in [2.24, 2.45) is 5.92 Å². The number of nitrogens with zero attached hydrogens (tertiary/aromatic N) is 2. The number of piperidine rings is 3. The lowest BCUT2D eigenvalue weighted by molar-refractivity contribution is -0.00341. The minimum atomic E-state index is 0.149. The van der Waals surface area contributed by atoms with E-state index in [2.05, 4.69) is 40.1 Å². The van der Waals surface area contributed by atoms with Crippen LogP contribution < -0.4 is 4.74 Å². The molecule has 0 saturated carbocycles. The molecule has 1 amide bonds. The molecule has 0 spiro atoms. The molecule has 0 aliphatic carbocycles. The van der Waals surface area contributed by atoms with Crippen LogP contribution in [0.4, 0.5) is 0 Å². The van der Waals surface area contributed by atoms with Crippen molar-refractivity contribution in [2.45, 2.75) is 30.8 Å². The zero-order valence-corrected chi connectivity index (χ0v) is 15.8. The van der Waals surface area contributed by atoms with Gasteiger partial charge in [0.1, 0.15) is 5.75 Å². The van der Waals surface area contributed by atoms with E-state index in [1.807, 2.05) is 24.3 Å². The maximum absolute atomic E-state index is 13.5. The van der Waals surface area contributed by atoms with Crippen LogP contribution in [-0.2, 0) is 0 Å². The van der Waals surface area contributed by atoms with Crippen molar-refractivity contribution >= 4 is 5.91 Å². The molecular formula is C23H26N2O2. The number of carbonyl (C=O) groups excluding carboxylic acids is 1. The van der Waals surface area contributed by atoms with Gasteiger partial charge < -0.3 is 9.64 Å². The molecule has 4 nitrogen and oxygen atoms in total. The standard InChI is InChI=1S/C23H26N2O2/c1-27-19-9-5-8-18(14-19)23(26)25-15-20(16-6-3-2-4-7-16)22-21(25)17-10-12-24(22)13-11-17/h2-9,14,17,20-22H,10-13,15H2,1H3/t20-,21+,22+/m0/s1. The van der Waals surface area contributed by atoms with Gasteiger partial charge in [-0.05, 0) is 55.6 Å². The minimum absolute atomic E-state index is 0.149. The summed E-state index contributed by atoms with van der Waals surface area (Å²) >= 11 is 0. The van der Waals surface area contributed by atoms with E-state index in [0.29, 0.717) is 23.9 Å². The van der Waals surface area contributed by atoms with Gasteiger partial charge in [0.25, 0.3) is 5.91 Å². The van der Waals surface area contributed by atoms with Crippen molar-refractivity contribution in [3.8, 4) is 5.75 Å². The van der Waals surface area contributed by atoms with Gasteiger partial charge in [0.05, 0.1) is 13.2 Å². The van der Waals surface area contributed by atoms with Crippen LogP contribution in [0.25, 0.3) is 0 Å². The Balaban J connectivity index is 1.51. The highest BCUT2D eigenvalue weighted by molar-refractivity contribution is 5.95. The molecule has 4 aliphatic rings. The number of fused-ring (bicyclic) bond motifs is 2. The quantitative estimate of drug-likeness (QED) is 0.839. The van der Waals surface area contributed by atoms with Gasteiger partial charge in [-0.25, -0.2) is 0 Å². The van der Waals surface area contributed by atoms with E-state index < -0.39 is 0 Å². The fourth-order valence-corrected chi connectivity index (χ4v) is 5.57. The lowest BCUT2D eigenvalue weighted by atomic mass is 9.75. The third-order valence-corrected chi connectivity index (χ3v) is 6.80. The van der Waals surface area contributed by atoms with Crippen LogP contribution in [0.2, 0.25) is 0 Å². The predicted octanol–water partition coefficient (Wildman–Crippen LogP) is 3.40. The molecule has 4 fully saturated rings. The summed E-state index contributed by atoms with van der Waals surface area (Å²) in [6.45, 7) is 3.16. The maximum Gasteiger partial charge on any atom is 0.254 e. The Morgan fingerprint density at radius 2 is 1.78 bits per heavy atom. The first kappa shape index (κ1) is 16.8. The molecule has 27 heavy (non-hydrogen) atoms. The van der Waals surface area contributed by atoms with E-state index in [1.165, 1.54) is 31.5 Å². The monoisotopic (exact) mass is 362 g/mol. The van der Waals surface area contributed by atoms with Crippen molar-refractivity contribution in [3.05, 3.63) is 65.7 Å². The lowest BCUT2D eigenvalue weighted by Gasteiger charge is -2.51. The number of amides is 1. The zero-order chi connectivity index (χ0) is 18.4. The van der Waals surface area contributed by atoms with Crippen molar-refractivity contribution < 1.29 is 9.53 Å². The number of benzene rings is 2. The van der Waals surface area contributed by atoms with E-state index in [4.69, 9.17) is 4.74 Å². The summed E-state index contributed by atoms with van der Waals surface area (Å²) in [6.07, 6.45) is 2.43. The summed E-state index contributed by atoms with van der Waals surface area (Å²) in [5.41, 5.74) is 2.10. The highest BCUT2D eigenvalue weighted by Crippen LogP contribution is 2.46. The maximum atomic E-state index is 13.5. The molecule has 2 aromatic rings. The first-order valence-corrected chi connectivity index (χ1v) is 10.0. The average Bonchev–Trinajstić information content (AvgIpc) is 3.17. The Bertz CT molecular complexity index is 829. The zero-order valence-electron chi connectivity index (χ0n) is 15.8. The Kier molecular flexibility index (Phi) is 4.16. The number of carbonyl (C=O) groups is 1. The number of hydrogen-bond donors (Lipinski definition) is 0. The summed E-state index contributed by atoms with van der Waals surface area (Å²) in [5.74, 6) is 1.92. The molecule has 2 aromatic carbocycles. The van der Waals surface area contributed by atoms with E-state index >= 15 is 0 Å². The van der Waals surface area contributed by atoms with E-state index in [0.717, 1.165) is 17.9 Å². The topological polar surface area (TPSA) is 32.8 Å². The highest BCUT2D eigenvalue weighted by Gasteiger charge is 2.54. The number of ether oxygens (including phenoxy) is 1. The number of rotatable bonds is 3. The summed E-state index contributed by atoms with van der Waals surface area (Å²) in [7, 11) is 1.65. The van der Waals surface area contributed by atoms with Crippen LogP contribution in [-0.4, -0.2) is 54.5 Å². The molecule has 4 heterocycles. The van der Waals surface area contributed by atoms with Crippen LogP contribution >= 0.6 is 0 Å². The van der Waals surface area contributed by atoms with Crippen molar-refractivity contribution in [1.29, 1.82) is 0 Å². The predicted molar refractivity (Wildman–Crippen MR) is 105 cm³/mol. The molecule has 6 rings (SSSR count). The molecule has 140 valence electrons. The molecule has 0 aromatic heterocycles. The van der Waals surface area contributed by atoms with Gasteiger partial charge in [0.15, 0.2) is 0 Å². The Morgan fingerprint density at radius 3 is 2.52 bits per heavy atom. The Labute approximate surface area is 160 Å². The van der Waals surface area contributed by atoms with Crippen LogP contribution in [0.3, 0.4) is 0 Å². The molecular weight excluding hydrogens is 336 g/mol. The summed E-state index contributed by atoms with van der Waals surface area (Å²) < 4.78 is 5.34. The number of likely N-dealkylation sites (tertiary alicyclic amines) is 1. The van der Waals surface area contributed by atoms with Gasteiger partial charge >= 0.3 is 0 Å². The third-order valence-electron chi connectivity index (χ3n) is 6.80. The van der Waals surface area contributed by atoms with Crippen molar-refractivity contribution in [2.75, 3.05) is 26.7 Å². The second-order valence-corrected chi connectivity index (χ2v) is 8.06. The fourth-order valence-electron chi connectivity index (χ4n) is 5.57. The first-order valence-electron chi connectivity index (χ1n) is 10.0. The smallest absolute Gasteiger partial charge is 0.254 e. The van der Waals surface area contributed by atoms with Gasteiger partial charge in [0, 0.05) is 24.1 Å². The second-order valence-electron chi connectivity index (χ2n) is 8.06. The molecule has 0 unspecified atom stereocenters. The molecule has 4 saturated heterocycles. The minimum Gasteiger partial charge on any atom is -0.497 e. The van der Waals surface area contributed by atoms with Crippen LogP contribution in [0, 0.1) is 5.92 Å². The largest absolute Gasteiger partial charge is 0.497 e. The van der Waals surface area contributed by atoms with Gasteiger partial charge in [-0.15, -0.1) is 0 Å². The molecule has 0 N–H and O–H groups in total. The highest BCUT2D eigenvalue weighted by atomic mass is 16.5. The molecule has 0 radical (unpaired) electrons. The molecule has 3 atom stereocenters. The SMILES string of the molecule is COc1cccc(C(=O)N2C[C@@H](c3ccccc3)[C@@H]3[C@H]2C2CCN3CC2)c1.